The minimum atomic E-state index is -0.167. The third-order valence-electron chi connectivity index (χ3n) is 1.78. The Morgan fingerprint density at radius 3 is 2.92 bits per heavy atom. The average Bonchev–Trinajstić information content (AvgIpc) is 2.46. The quantitative estimate of drug-likeness (QED) is 0.629. The lowest BCUT2D eigenvalue weighted by Gasteiger charge is -1.86. The highest BCUT2D eigenvalue weighted by molar-refractivity contribution is 7.19. The van der Waals surface area contributed by atoms with Gasteiger partial charge in [-0.25, -0.2) is 4.39 Å². The minimum Gasteiger partial charge on any atom is -0.207 e. The molecular formula is C10H8FS. The van der Waals surface area contributed by atoms with Crippen molar-refractivity contribution in [2.24, 2.45) is 0 Å². The van der Waals surface area contributed by atoms with Gasteiger partial charge in [-0.05, 0) is 36.9 Å². The van der Waals surface area contributed by atoms with Crippen molar-refractivity contribution in [3.63, 3.8) is 0 Å². The Labute approximate surface area is 74.6 Å². The molecule has 12 heavy (non-hydrogen) atoms. The summed E-state index contributed by atoms with van der Waals surface area (Å²) in [5.41, 5.74) is 0. The normalized spacial score (nSPS) is 10.8. The maximum atomic E-state index is 12.7. The molecular weight excluding hydrogens is 171 g/mol. The standard InChI is InChI=1S/C10H8FS/c1-2-9-5-7-3-4-8(11)6-10(7)12-9/h3-6H,1-2H2. The maximum absolute atomic E-state index is 12.7. The van der Waals surface area contributed by atoms with Crippen LogP contribution in [-0.2, 0) is 6.42 Å². The van der Waals surface area contributed by atoms with Crippen LogP contribution in [0, 0.1) is 12.7 Å². The predicted octanol–water partition coefficient (Wildman–Crippen LogP) is 3.42. The SMILES string of the molecule is [CH2]Cc1cc2ccc(F)cc2s1. The van der Waals surface area contributed by atoms with E-state index in [1.807, 2.05) is 0 Å². The van der Waals surface area contributed by atoms with Crippen molar-refractivity contribution in [3.05, 3.63) is 41.9 Å². The van der Waals surface area contributed by atoms with E-state index in [1.54, 1.807) is 23.5 Å². The summed E-state index contributed by atoms with van der Waals surface area (Å²) in [4.78, 5) is 1.20. The van der Waals surface area contributed by atoms with Crippen molar-refractivity contribution >= 4 is 21.4 Å². The van der Waals surface area contributed by atoms with E-state index in [4.69, 9.17) is 0 Å². The molecule has 0 atom stereocenters. The topological polar surface area (TPSA) is 0 Å². The fraction of sp³-hybridized carbons (Fsp3) is 0.100. The molecule has 0 saturated carbocycles. The Hall–Kier alpha value is -0.890. The van der Waals surface area contributed by atoms with Crippen LogP contribution >= 0.6 is 11.3 Å². The molecule has 61 valence electrons. The van der Waals surface area contributed by atoms with Gasteiger partial charge >= 0.3 is 0 Å². The molecule has 0 bridgehead atoms. The smallest absolute Gasteiger partial charge is 0.124 e. The molecule has 0 aliphatic rings. The third-order valence-corrected chi connectivity index (χ3v) is 2.94. The first-order chi connectivity index (χ1) is 5.79. The molecule has 2 rings (SSSR count). The Balaban J connectivity index is 2.67. The lowest BCUT2D eigenvalue weighted by Crippen LogP contribution is -1.68. The Morgan fingerprint density at radius 2 is 2.17 bits per heavy atom. The lowest BCUT2D eigenvalue weighted by molar-refractivity contribution is 0.630. The molecule has 0 nitrogen and oxygen atoms in total. The van der Waals surface area contributed by atoms with Crippen molar-refractivity contribution in [3.8, 4) is 0 Å². The van der Waals surface area contributed by atoms with E-state index in [0.717, 1.165) is 16.5 Å². The fourth-order valence-corrected chi connectivity index (χ4v) is 2.17. The zero-order valence-corrected chi connectivity index (χ0v) is 7.33. The van der Waals surface area contributed by atoms with Crippen molar-refractivity contribution in [2.45, 2.75) is 6.42 Å². The van der Waals surface area contributed by atoms with Crippen molar-refractivity contribution in [2.75, 3.05) is 0 Å². The van der Waals surface area contributed by atoms with Gasteiger partial charge in [-0.15, -0.1) is 11.3 Å². The highest BCUT2D eigenvalue weighted by Crippen LogP contribution is 2.26. The molecule has 0 saturated heterocycles. The molecule has 1 aromatic carbocycles. The fourth-order valence-electron chi connectivity index (χ4n) is 1.18. The summed E-state index contributed by atoms with van der Waals surface area (Å²) < 4.78 is 13.7. The summed E-state index contributed by atoms with van der Waals surface area (Å²) >= 11 is 1.61. The highest BCUT2D eigenvalue weighted by Gasteiger charge is 2.00. The minimum absolute atomic E-state index is 0.167. The monoisotopic (exact) mass is 179 g/mol. The van der Waals surface area contributed by atoms with Gasteiger partial charge in [-0.3, -0.25) is 0 Å². The number of rotatable bonds is 1. The second-order valence-corrected chi connectivity index (χ2v) is 3.81. The number of benzene rings is 1. The van der Waals surface area contributed by atoms with Crippen molar-refractivity contribution in [1.82, 2.24) is 0 Å². The number of hydrogen-bond donors (Lipinski definition) is 0. The molecule has 0 spiro atoms. The van der Waals surface area contributed by atoms with Crippen LogP contribution in [0.2, 0.25) is 0 Å². The molecule has 0 amide bonds. The summed E-state index contributed by atoms with van der Waals surface area (Å²) in [7, 11) is 0. The highest BCUT2D eigenvalue weighted by atomic mass is 32.1. The van der Waals surface area contributed by atoms with Gasteiger partial charge in [0.2, 0.25) is 0 Å². The van der Waals surface area contributed by atoms with Crippen LogP contribution in [0.1, 0.15) is 4.88 Å². The van der Waals surface area contributed by atoms with Crippen molar-refractivity contribution < 1.29 is 4.39 Å². The third kappa shape index (κ3) is 1.23. The van der Waals surface area contributed by atoms with Gasteiger partial charge in [-0.2, -0.15) is 0 Å². The number of halogens is 1. The van der Waals surface area contributed by atoms with Gasteiger partial charge in [-0.1, -0.05) is 6.07 Å². The molecule has 0 aliphatic heterocycles. The summed E-state index contributed by atoms with van der Waals surface area (Å²) in [5.74, 6) is -0.167. The van der Waals surface area contributed by atoms with Crippen molar-refractivity contribution in [1.29, 1.82) is 0 Å². The maximum Gasteiger partial charge on any atom is 0.124 e. The first-order valence-electron chi connectivity index (χ1n) is 3.77. The van der Waals surface area contributed by atoms with Crippen LogP contribution in [0.5, 0.6) is 0 Å². The average molecular weight is 179 g/mol. The predicted molar refractivity (Wildman–Crippen MR) is 50.8 cm³/mol. The second-order valence-electron chi connectivity index (χ2n) is 2.64. The van der Waals surface area contributed by atoms with E-state index >= 15 is 0 Å². The van der Waals surface area contributed by atoms with Gasteiger partial charge < -0.3 is 0 Å². The molecule has 0 fully saturated rings. The molecule has 0 aliphatic carbocycles. The second kappa shape index (κ2) is 2.87. The zero-order chi connectivity index (χ0) is 8.55. The summed E-state index contributed by atoms with van der Waals surface area (Å²) in [6, 6.07) is 6.92. The lowest BCUT2D eigenvalue weighted by atomic mass is 10.2. The van der Waals surface area contributed by atoms with E-state index in [1.165, 1.54) is 10.9 Å². The molecule has 2 heteroatoms. The van der Waals surface area contributed by atoms with Crippen LogP contribution in [0.3, 0.4) is 0 Å². The van der Waals surface area contributed by atoms with E-state index in [0.29, 0.717) is 0 Å². The van der Waals surface area contributed by atoms with Crippen LogP contribution in [0.25, 0.3) is 10.1 Å². The van der Waals surface area contributed by atoms with Crippen LogP contribution < -0.4 is 0 Å². The summed E-state index contributed by atoms with van der Waals surface area (Å²) in [5, 5.41) is 1.11. The molecule has 0 unspecified atom stereocenters. The zero-order valence-electron chi connectivity index (χ0n) is 6.51. The number of thiophene rings is 1. The van der Waals surface area contributed by atoms with Gasteiger partial charge in [0.05, 0.1) is 0 Å². The molecule has 0 N–H and O–H groups in total. The largest absolute Gasteiger partial charge is 0.207 e. The van der Waals surface area contributed by atoms with E-state index < -0.39 is 0 Å². The first kappa shape index (κ1) is 7.74. The van der Waals surface area contributed by atoms with Gasteiger partial charge in [0, 0.05) is 9.58 Å². The van der Waals surface area contributed by atoms with Gasteiger partial charge in [0.25, 0.3) is 0 Å². The Kier molecular flexibility index (Phi) is 1.85. The van der Waals surface area contributed by atoms with Crippen LogP contribution in [0.15, 0.2) is 24.3 Å². The first-order valence-corrected chi connectivity index (χ1v) is 4.58. The molecule has 2 aromatic rings. The number of fused-ring (bicyclic) bond motifs is 1. The Morgan fingerprint density at radius 1 is 1.33 bits per heavy atom. The van der Waals surface area contributed by atoms with E-state index in [-0.39, 0.29) is 5.82 Å². The van der Waals surface area contributed by atoms with Crippen LogP contribution in [0.4, 0.5) is 4.39 Å². The van der Waals surface area contributed by atoms with Gasteiger partial charge in [0.1, 0.15) is 5.82 Å². The molecule has 1 radical (unpaired) electrons. The summed E-state index contributed by atoms with van der Waals surface area (Å²) in [6.07, 6.45) is 0.779. The Bertz CT molecular complexity index is 403. The van der Waals surface area contributed by atoms with E-state index in [9.17, 15) is 4.39 Å². The number of hydrogen-bond acceptors (Lipinski definition) is 1. The van der Waals surface area contributed by atoms with Gasteiger partial charge in [0.15, 0.2) is 0 Å². The van der Waals surface area contributed by atoms with E-state index in [2.05, 4.69) is 13.0 Å². The molecule has 1 heterocycles. The van der Waals surface area contributed by atoms with Crippen LogP contribution in [-0.4, -0.2) is 0 Å². The summed E-state index contributed by atoms with van der Waals surface area (Å²) in [6.45, 7) is 3.79. The molecule has 1 aromatic heterocycles.